The van der Waals surface area contributed by atoms with Gasteiger partial charge in [0.2, 0.25) is 10.0 Å². The summed E-state index contributed by atoms with van der Waals surface area (Å²) in [5, 5.41) is 0. The Hall–Kier alpha value is -1.07. The third-order valence-electron chi connectivity index (χ3n) is 2.25. The van der Waals surface area contributed by atoms with E-state index in [0.29, 0.717) is 12.2 Å². The van der Waals surface area contributed by atoms with Crippen LogP contribution in [0.2, 0.25) is 0 Å². The molecule has 0 saturated heterocycles. The van der Waals surface area contributed by atoms with Crippen molar-refractivity contribution < 1.29 is 8.42 Å². The smallest absolute Gasteiger partial charge is 0.237 e. The van der Waals surface area contributed by atoms with E-state index in [-0.39, 0.29) is 0 Å². The van der Waals surface area contributed by atoms with Gasteiger partial charge in [-0.05, 0) is 38.5 Å². The van der Waals surface area contributed by atoms with Gasteiger partial charge in [0.05, 0.1) is 4.75 Å². The molecule has 1 aromatic rings. The first-order chi connectivity index (χ1) is 7.26. The van der Waals surface area contributed by atoms with Crippen LogP contribution in [0.5, 0.6) is 0 Å². The molecule has 16 heavy (non-hydrogen) atoms. The molecule has 0 radical (unpaired) electrons. The highest BCUT2D eigenvalue weighted by Gasteiger charge is 2.28. The van der Waals surface area contributed by atoms with Gasteiger partial charge in [0.15, 0.2) is 0 Å². The van der Waals surface area contributed by atoms with Crippen LogP contribution >= 0.6 is 0 Å². The Kier molecular flexibility index (Phi) is 3.60. The second-order valence-electron chi connectivity index (χ2n) is 4.62. The van der Waals surface area contributed by atoms with Gasteiger partial charge in [0.25, 0.3) is 0 Å². The normalized spacial score (nSPS) is 12.5. The molecule has 1 rings (SSSR count). The van der Waals surface area contributed by atoms with Crippen molar-refractivity contribution in [3.63, 3.8) is 0 Å². The number of rotatable bonds is 3. The first-order valence-electron chi connectivity index (χ1n) is 5.07. The molecule has 0 atom stereocenters. The van der Waals surface area contributed by atoms with Gasteiger partial charge >= 0.3 is 0 Å². The first kappa shape index (κ1) is 13.0. The minimum absolute atomic E-state index is 0.451. The molecule has 0 aliphatic carbocycles. The lowest BCUT2D eigenvalue weighted by molar-refractivity contribution is 0.566. The Morgan fingerprint density at radius 3 is 2.06 bits per heavy atom. The van der Waals surface area contributed by atoms with E-state index >= 15 is 0 Å². The molecule has 3 N–H and O–H groups in total. The van der Waals surface area contributed by atoms with Gasteiger partial charge in [-0.25, -0.2) is 8.42 Å². The maximum atomic E-state index is 11.8. The highest BCUT2D eigenvalue weighted by molar-refractivity contribution is 7.94. The lowest BCUT2D eigenvalue weighted by atomic mass is 10.2. The van der Waals surface area contributed by atoms with Crippen LogP contribution in [-0.4, -0.2) is 13.2 Å². The maximum Gasteiger partial charge on any atom is 0.237 e. The van der Waals surface area contributed by atoms with Gasteiger partial charge in [-0.3, -0.25) is 4.72 Å². The summed E-state index contributed by atoms with van der Waals surface area (Å²) in [5.74, 6) is 0. The third-order valence-corrected chi connectivity index (χ3v) is 4.36. The fourth-order valence-electron chi connectivity index (χ4n) is 1.02. The Balaban J connectivity index is 2.89. The Morgan fingerprint density at radius 2 is 1.69 bits per heavy atom. The number of anilines is 1. The summed E-state index contributed by atoms with van der Waals surface area (Å²) in [6, 6.07) is 7.04. The molecule has 5 heteroatoms. The summed E-state index contributed by atoms with van der Waals surface area (Å²) in [6.07, 6.45) is 0. The summed E-state index contributed by atoms with van der Waals surface area (Å²) in [6.45, 7) is 5.42. The van der Waals surface area contributed by atoms with E-state index in [1.807, 2.05) is 0 Å². The largest absolute Gasteiger partial charge is 0.326 e. The zero-order chi connectivity index (χ0) is 12.4. The van der Waals surface area contributed by atoms with Crippen molar-refractivity contribution >= 4 is 15.7 Å². The molecule has 0 spiro atoms. The number of hydrogen-bond acceptors (Lipinski definition) is 3. The van der Waals surface area contributed by atoms with E-state index in [0.717, 1.165) is 5.56 Å². The molecule has 0 unspecified atom stereocenters. The minimum atomic E-state index is -3.35. The lowest BCUT2D eigenvalue weighted by Crippen LogP contribution is -2.33. The van der Waals surface area contributed by atoms with Crippen LogP contribution < -0.4 is 10.5 Å². The summed E-state index contributed by atoms with van der Waals surface area (Å²) < 4.78 is 25.4. The molecule has 0 amide bonds. The van der Waals surface area contributed by atoms with Crippen molar-refractivity contribution in [2.24, 2.45) is 5.73 Å². The highest BCUT2D eigenvalue weighted by Crippen LogP contribution is 2.19. The molecule has 0 heterocycles. The Morgan fingerprint density at radius 1 is 1.19 bits per heavy atom. The molecule has 0 aromatic heterocycles. The van der Waals surface area contributed by atoms with E-state index in [1.165, 1.54) is 0 Å². The van der Waals surface area contributed by atoms with Gasteiger partial charge in [-0.15, -0.1) is 0 Å². The third kappa shape index (κ3) is 2.96. The quantitative estimate of drug-likeness (QED) is 0.847. The Bertz CT molecular complexity index is 444. The fraction of sp³-hybridized carbons (Fsp3) is 0.455. The second-order valence-corrected chi connectivity index (χ2v) is 7.05. The average Bonchev–Trinajstić information content (AvgIpc) is 2.16. The van der Waals surface area contributed by atoms with Crippen molar-refractivity contribution in [3.05, 3.63) is 29.8 Å². The lowest BCUT2D eigenvalue weighted by Gasteiger charge is -2.20. The van der Waals surface area contributed by atoms with Crippen LogP contribution in [0.3, 0.4) is 0 Å². The molecule has 0 bridgehead atoms. The molecule has 90 valence electrons. The predicted octanol–water partition coefficient (Wildman–Crippen LogP) is 1.69. The van der Waals surface area contributed by atoms with Crippen LogP contribution in [0.4, 0.5) is 5.69 Å². The molecule has 1 aromatic carbocycles. The monoisotopic (exact) mass is 242 g/mol. The molecule has 0 saturated carbocycles. The number of benzene rings is 1. The predicted molar refractivity (Wildman–Crippen MR) is 66.6 cm³/mol. The average molecular weight is 242 g/mol. The standard InChI is InChI=1S/C11H18N2O2S/c1-11(2,3)16(14,15)13-10-6-4-9(8-12)5-7-10/h4-7,13H,8,12H2,1-3H3. The number of nitrogens with one attached hydrogen (secondary N) is 1. The number of hydrogen-bond donors (Lipinski definition) is 2. The van der Waals surface area contributed by atoms with E-state index in [4.69, 9.17) is 5.73 Å². The summed E-state index contributed by atoms with van der Waals surface area (Å²) in [5.41, 5.74) is 6.99. The SMILES string of the molecule is CC(C)(C)S(=O)(=O)Nc1ccc(CN)cc1. The molecular weight excluding hydrogens is 224 g/mol. The molecule has 4 nitrogen and oxygen atoms in total. The van der Waals surface area contributed by atoms with E-state index in [1.54, 1.807) is 45.0 Å². The van der Waals surface area contributed by atoms with Crippen LogP contribution in [0.1, 0.15) is 26.3 Å². The summed E-state index contributed by atoms with van der Waals surface area (Å²) >= 11 is 0. The van der Waals surface area contributed by atoms with Gasteiger partial charge < -0.3 is 5.73 Å². The van der Waals surface area contributed by atoms with Gasteiger partial charge in [-0.2, -0.15) is 0 Å². The summed E-state index contributed by atoms with van der Waals surface area (Å²) in [7, 11) is -3.35. The molecule has 0 aliphatic heterocycles. The van der Waals surface area contributed by atoms with Crippen molar-refractivity contribution in [3.8, 4) is 0 Å². The van der Waals surface area contributed by atoms with Crippen molar-refractivity contribution in [1.82, 2.24) is 0 Å². The zero-order valence-corrected chi connectivity index (χ0v) is 10.6. The van der Waals surface area contributed by atoms with E-state index in [2.05, 4.69) is 4.72 Å². The van der Waals surface area contributed by atoms with Gasteiger partial charge in [-0.1, -0.05) is 12.1 Å². The Labute approximate surface area is 96.9 Å². The summed E-state index contributed by atoms with van der Waals surface area (Å²) in [4.78, 5) is 0. The van der Waals surface area contributed by atoms with Crippen molar-refractivity contribution in [2.45, 2.75) is 32.1 Å². The highest BCUT2D eigenvalue weighted by atomic mass is 32.2. The molecular formula is C11H18N2O2S. The molecule has 0 fully saturated rings. The van der Waals surface area contributed by atoms with Crippen LogP contribution in [0.15, 0.2) is 24.3 Å². The maximum absolute atomic E-state index is 11.8. The fourth-order valence-corrected chi connectivity index (χ4v) is 1.77. The van der Waals surface area contributed by atoms with Crippen LogP contribution in [0, 0.1) is 0 Å². The minimum Gasteiger partial charge on any atom is -0.326 e. The topological polar surface area (TPSA) is 72.2 Å². The van der Waals surface area contributed by atoms with Crippen molar-refractivity contribution in [2.75, 3.05) is 4.72 Å². The zero-order valence-electron chi connectivity index (χ0n) is 9.82. The number of nitrogens with two attached hydrogens (primary N) is 1. The number of sulfonamides is 1. The molecule has 0 aliphatic rings. The van der Waals surface area contributed by atoms with Crippen LogP contribution in [0.25, 0.3) is 0 Å². The van der Waals surface area contributed by atoms with Crippen LogP contribution in [-0.2, 0) is 16.6 Å². The van der Waals surface area contributed by atoms with E-state index in [9.17, 15) is 8.42 Å². The van der Waals surface area contributed by atoms with Gasteiger partial charge in [0, 0.05) is 12.2 Å². The second kappa shape index (κ2) is 4.43. The van der Waals surface area contributed by atoms with Gasteiger partial charge in [0.1, 0.15) is 0 Å². The van der Waals surface area contributed by atoms with E-state index < -0.39 is 14.8 Å². The van der Waals surface area contributed by atoms with Crippen molar-refractivity contribution in [1.29, 1.82) is 0 Å². The first-order valence-corrected chi connectivity index (χ1v) is 6.56.